The molecule has 1 amide bonds. The molecule has 3 heterocycles. The predicted octanol–water partition coefficient (Wildman–Crippen LogP) is 1.72. The van der Waals surface area contributed by atoms with Gasteiger partial charge in [-0.25, -0.2) is 9.97 Å². The number of hydrogen-bond donors (Lipinski definition) is 1. The number of aliphatic hydroxyl groups is 1. The normalized spacial score (nSPS) is 13.8. The van der Waals surface area contributed by atoms with Gasteiger partial charge in [0, 0.05) is 26.0 Å². The van der Waals surface area contributed by atoms with E-state index < -0.39 is 0 Å². The van der Waals surface area contributed by atoms with E-state index in [1.807, 2.05) is 17.9 Å². The third kappa shape index (κ3) is 2.04. The molecule has 21 heavy (non-hydrogen) atoms. The molecule has 1 N–H and O–H groups in total. The molecule has 0 radical (unpaired) electrons. The number of pyridine rings is 2. The van der Waals surface area contributed by atoms with E-state index in [-0.39, 0.29) is 12.5 Å². The Morgan fingerprint density at radius 2 is 2.10 bits per heavy atom. The second-order valence-electron chi connectivity index (χ2n) is 4.83. The van der Waals surface area contributed by atoms with Crippen LogP contribution in [-0.2, 0) is 6.61 Å². The summed E-state index contributed by atoms with van der Waals surface area (Å²) in [6, 6.07) is 5.36. The van der Waals surface area contributed by atoms with Gasteiger partial charge in [-0.2, -0.15) is 0 Å². The first kappa shape index (κ1) is 13.5. The number of anilines is 3. The maximum absolute atomic E-state index is 12.7. The molecule has 1 aliphatic rings. The van der Waals surface area contributed by atoms with Crippen LogP contribution in [0.1, 0.15) is 22.8 Å². The number of rotatable bonds is 2. The Morgan fingerprint density at radius 1 is 1.29 bits per heavy atom. The van der Waals surface area contributed by atoms with E-state index in [0.717, 1.165) is 5.69 Å². The molecule has 6 heteroatoms. The van der Waals surface area contributed by atoms with Gasteiger partial charge in [-0.05, 0) is 30.7 Å². The quantitative estimate of drug-likeness (QED) is 0.909. The highest BCUT2D eigenvalue weighted by Gasteiger charge is 2.30. The Kier molecular flexibility index (Phi) is 3.31. The van der Waals surface area contributed by atoms with Crippen molar-refractivity contribution in [2.24, 2.45) is 0 Å². The number of amides is 1. The van der Waals surface area contributed by atoms with Crippen LogP contribution in [0.5, 0.6) is 0 Å². The molecule has 108 valence electrons. The third-order valence-electron chi connectivity index (χ3n) is 3.60. The summed E-state index contributed by atoms with van der Waals surface area (Å²) in [4.78, 5) is 24.9. The van der Waals surface area contributed by atoms with Gasteiger partial charge in [-0.1, -0.05) is 0 Å². The summed E-state index contributed by atoms with van der Waals surface area (Å²) in [5, 5.41) is 9.27. The monoisotopic (exact) mass is 284 g/mol. The van der Waals surface area contributed by atoms with E-state index in [1.165, 1.54) is 0 Å². The molecule has 0 saturated carbocycles. The van der Waals surface area contributed by atoms with Crippen molar-refractivity contribution in [2.75, 3.05) is 23.4 Å². The van der Waals surface area contributed by atoms with E-state index >= 15 is 0 Å². The van der Waals surface area contributed by atoms with Crippen LogP contribution in [0.2, 0.25) is 0 Å². The maximum atomic E-state index is 12.7. The van der Waals surface area contributed by atoms with Crippen LogP contribution in [0.3, 0.4) is 0 Å². The highest BCUT2D eigenvalue weighted by Crippen LogP contribution is 2.37. The molecular weight excluding hydrogens is 268 g/mol. The molecule has 1 aliphatic heterocycles. The lowest BCUT2D eigenvalue weighted by atomic mass is 10.1. The average Bonchev–Trinajstić information content (AvgIpc) is 2.62. The third-order valence-corrected chi connectivity index (χ3v) is 3.60. The molecular formula is C15H16N4O2. The molecule has 3 rings (SSSR count). The van der Waals surface area contributed by atoms with Gasteiger partial charge in [0.15, 0.2) is 5.82 Å². The zero-order valence-corrected chi connectivity index (χ0v) is 11.9. The van der Waals surface area contributed by atoms with Crippen molar-refractivity contribution in [3.05, 3.63) is 41.7 Å². The van der Waals surface area contributed by atoms with Crippen molar-refractivity contribution in [2.45, 2.75) is 13.5 Å². The fraction of sp³-hybridized carbons (Fsp3) is 0.267. The summed E-state index contributed by atoms with van der Waals surface area (Å²) in [6.07, 6.45) is 3.29. The smallest absolute Gasteiger partial charge is 0.261 e. The van der Waals surface area contributed by atoms with Gasteiger partial charge < -0.3 is 14.9 Å². The van der Waals surface area contributed by atoms with Crippen molar-refractivity contribution < 1.29 is 9.90 Å². The van der Waals surface area contributed by atoms with Crippen LogP contribution in [0.4, 0.5) is 17.3 Å². The van der Waals surface area contributed by atoms with Crippen LogP contribution >= 0.6 is 0 Å². The summed E-state index contributed by atoms with van der Waals surface area (Å²) in [7, 11) is 1.72. The second kappa shape index (κ2) is 5.14. The van der Waals surface area contributed by atoms with Crippen LogP contribution in [0, 0.1) is 0 Å². The Bertz CT molecular complexity index is 702. The fourth-order valence-electron chi connectivity index (χ4n) is 2.51. The number of fused-ring (bicyclic) bond motifs is 2. The van der Waals surface area contributed by atoms with Gasteiger partial charge in [0.25, 0.3) is 5.91 Å². The first-order chi connectivity index (χ1) is 10.2. The first-order valence-electron chi connectivity index (χ1n) is 6.77. The van der Waals surface area contributed by atoms with Crippen molar-refractivity contribution in [3.8, 4) is 0 Å². The summed E-state index contributed by atoms with van der Waals surface area (Å²) in [6.45, 7) is 2.48. The highest BCUT2D eigenvalue weighted by molar-refractivity contribution is 6.12. The Labute approximate surface area is 122 Å². The van der Waals surface area contributed by atoms with Crippen molar-refractivity contribution in [1.29, 1.82) is 0 Å². The van der Waals surface area contributed by atoms with Crippen molar-refractivity contribution >= 4 is 23.2 Å². The fourth-order valence-corrected chi connectivity index (χ4v) is 2.51. The zero-order valence-electron chi connectivity index (χ0n) is 11.9. The first-order valence-corrected chi connectivity index (χ1v) is 6.77. The minimum atomic E-state index is -0.155. The number of carbonyl (C=O) groups is 1. The van der Waals surface area contributed by atoms with Crippen LogP contribution in [0.15, 0.2) is 30.6 Å². The molecule has 0 aliphatic carbocycles. The summed E-state index contributed by atoms with van der Waals surface area (Å²) in [5.74, 6) is 1.13. The number of aromatic nitrogens is 2. The Hall–Kier alpha value is -2.47. The summed E-state index contributed by atoms with van der Waals surface area (Å²) in [5.41, 5.74) is 1.84. The summed E-state index contributed by atoms with van der Waals surface area (Å²) < 4.78 is 0. The molecule has 0 fully saturated rings. The molecule has 0 saturated heterocycles. The minimum Gasteiger partial charge on any atom is -0.392 e. The topological polar surface area (TPSA) is 69.6 Å². The molecule has 0 spiro atoms. The Balaban J connectivity index is 2.28. The molecule has 2 aromatic heterocycles. The molecule has 0 bridgehead atoms. The number of aliphatic hydroxyl groups excluding tert-OH is 1. The minimum absolute atomic E-state index is 0.144. The number of hydrogen-bond acceptors (Lipinski definition) is 5. The van der Waals surface area contributed by atoms with Gasteiger partial charge in [-0.15, -0.1) is 0 Å². The van der Waals surface area contributed by atoms with Crippen LogP contribution < -0.4 is 9.80 Å². The lowest BCUT2D eigenvalue weighted by Gasteiger charge is -2.22. The maximum Gasteiger partial charge on any atom is 0.261 e. The Morgan fingerprint density at radius 3 is 2.81 bits per heavy atom. The van der Waals surface area contributed by atoms with Crippen LogP contribution in [-0.4, -0.2) is 34.6 Å². The number of carbonyl (C=O) groups excluding carboxylic acids is 1. The van der Waals surface area contributed by atoms with Crippen molar-refractivity contribution in [1.82, 2.24) is 9.97 Å². The van der Waals surface area contributed by atoms with Gasteiger partial charge in [-0.3, -0.25) is 4.79 Å². The van der Waals surface area contributed by atoms with Gasteiger partial charge in [0.2, 0.25) is 0 Å². The molecule has 0 unspecified atom stereocenters. The highest BCUT2D eigenvalue weighted by atomic mass is 16.3. The van der Waals surface area contributed by atoms with E-state index in [0.29, 0.717) is 29.3 Å². The lowest BCUT2D eigenvalue weighted by Crippen LogP contribution is -2.25. The van der Waals surface area contributed by atoms with E-state index in [4.69, 9.17) is 0 Å². The van der Waals surface area contributed by atoms with Crippen molar-refractivity contribution in [3.63, 3.8) is 0 Å². The molecule has 2 aromatic rings. The molecule has 6 nitrogen and oxygen atoms in total. The largest absolute Gasteiger partial charge is 0.392 e. The van der Waals surface area contributed by atoms with E-state index in [2.05, 4.69) is 9.97 Å². The number of nitrogens with zero attached hydrogens (tertiary/aromatic N) is 4. The molecule has 0 aromatic carbocycles. The van der Waals surface area contributed by atoms with E-state index in [9.17, 15) is 9.90 Å². The average molecular weight is 284 g/mol. The summed E-state index contributed by atoms with van der Waals surface area (Å²) >= 11 is 0. The molecule has 0 atom stereocenters. The van der Waals surface area contributed by atoms with Gasteiger partial charge >= 0.3 is 0 Å². The lowest BCUT2D eigenvalue weighted by molar-refractivity contribution is 0.0994. The van der Waals surface area contributed by atoms with Crippen LogP contribution in [0.25, 0.3) is 0 Å². The van der Waals surface area contributed by atoms with Gasteiger partial charge in [0.1, 0.15) is 5.82 Å². The second-order valence-corrected chi connectivity index (χ2v) is 4.83. The SMILES string of the molecule is CCN1c2ncc(CO)cc2C(=O)N(C)c2cccnc21. The standard InChI is InChI=1S/C15H16N4O2/c1-3-19-13-11(7-10(9-20)8-17-13)15(21)18(2)12-5-4-6-16-14(12)19/h4-8,20H,3,9H2,1-2H3. The van der Waals surface area contributed by atoms with Gasteiger partial charge in [0.05, 0.1) is 17.9 Å². The zero-order chi connectivity index (χ0) is 15.0. The van der Waals surface area contributed by atoms with E-state index in [1.54, 1.807) is 36.5 Å². The predicted molar refractivity (Wildman–Crippen MR) is 79.8 cm³/mol.